The molecule has 162 valence electrons. The summed E-state index contributed by atoms with van der Waals surface area (Å²) in [5.41, 5.74) is 7.84. The monoisotopic (exact) mass is 441 g/mol. The topological polar surface area (TPSA) is 144 Å². The molecule has 2 aromatic rings. The molecule has 2 heterocycles. The lowest BCUT2D eigenvalue weighted by Gasteiger charge is -2.34. The van der Waals surface area contributed by atoms with E-state index < -0.39 is 11.0 Å². The number of nitrogens with two attached hydrogens (primary N) is 1. The smallest absolute Gasteiger partial charge is 0.253 e. The Kier molecular flexibility index (Phi) is 5.73. The van der Waals surface area contributed by atoms with E-state index in [2.05, 4.69) is 15.2 Å². The normalized spacial score (nSPS) is 20.5. The van der Waals surface area contributed by atoms with E-state index in [4.69, 9.17) is 15.7 Å². The summed E-state index contributed by atoms with van der Waals surface area (Å²) in [6.07, 6.45) is 1.77. The molecule has 4 rings (SSSR count). The number of carbonyl (C=O) groups is 1. The van der Waals surface area contributed by atoms with Gasteiger partial charge in [-0.3, -0.25) is 18.6 Å². The van der Waals surface area contributed by atoms with Gasteiger partial charge < -0.3 is 15.4 Å². The third kappa shape index (κ3) is 4.59. The first-order valence-electron chi connectivity index (χ1n) is 9.83. The van der Waals surface area contributed by atoms with E-state index in [1.807, 2.05) is 0 Å². The van der Waals surface area contributed by atoms with Crippen LogP contribution in [0.5, 0.6) is 5.75 Å². The van der Waals surface area contributed by atoms with Gasteiger partial charge in [0.05, 0.1) is 29.5 Å². The second-order valence-electron chi connectivity index (χ2n) is 7.54. The molecular formula is C21H23N5O4S. The van der Waals surface area contributed by atoms with E-state index in [1.54, 1.807) is 47.4 Å². The zero-order chi connectivity index (χ0) is 22.0. The van der Waals surface area contributed by atoms with Crippen molar-refractivity contribution in [2.45, 2.75) is 12.8 Å². The van der Waals surface area contributed by atoms with Crippen LogP contribution in [0, 0.1) is 17.2 Å². The SMILES string of the molecule is N#Cc1cccc(C(=O)N2CCCC(COc3cccc4c3C(N)=NS(O)(O)N4)C2)c1. The molecule has 10 heteroatoms. The molecule has 1 saturated heterocycles. The van der Waals surface area contributed by atoms with Crippen molar-refractivity contribution in [1.82, 2.24) is 4.90 Å². The Morgan fingerprint density at radius 3 is 2.97 bits per heavy atom. The number of hydrogen-bond donors (Lipinski definition) is 4. The van der Waals surface area contributed by atoms with Crippen molar-refractivity contribution in [2.24, 2.45) is 16.0 Å². The number of amidine groups is 1. The first-order valence-corrected chi connectivity index (χ1v) is 11.3. The van der Waals surface area contributed by atoms with Crippen molar-refractivity contribution in [3.05, 3.63) is 59.2 Å². The quantitative estimate of drug-likeness (QED) is 0.570. The van der Waals surface area contributed by atoms with Crippen LogP contribution in [0.15, 0.2) is 46.9 Å². The van der Waals surface area contributed by atoms with Gasteiger partial charge in [-0.05, 0) is 54.1 Å². The zero-order valence-electron chi connectivity index (χ0n) is 16.7. The van der Waals surface area contributed by atoms with Gasteiger partial charge in [-0.15, -0.1) is 4.40 Å². The number of anilines is 1. The number of rotatable bonds is 4. The predicted octanol–water partition coefficient (Wildman–Crippen LogP) is 3.20. The number of amides is 1. The van der Waals surface area contributed by atoms with Crippen LogP contribution < -0.4 is 15.2 Å². The Morgan fingerprint density at radius 2 is 2.16 bits per heavy atom. The highest BCUT2D eigenvalue weighted by molar-refractivity contribution is 8.24. The lowest BCUT2D eigenvalue weighted by Crippen LogP contribution is -2.41. The van der Waals surface area contributed by atoms with E-state index in [0.717, 1.165) is 12.8 Å². The molecule has 1 atom stereocenters. The maximum absolute atomic E-state index is 12.9. The van der Waals surface area contributed by atoms with Gasteiger partial charge >= 0.3 is 0 Å². The van der Waals surface area contributed by atoms with Gasteiger partial charge in [-0.1, -0.05) is 12.1 Å². The maximum atomic E-state index is 12.9. The summed E-state index contributed by atoms with van der Waals surface area (Å²) in [6, 6.07) is 13.9. The van der Waals surface area contributed by atoms with Gasteiger partial charge in [0.15, 0.2) is 5.84 Å². The molecule has 0 radical (unpaired) electrons. The number of carbonyl (C=O) groups excluding carboxylic acids is 1. The molecule has 2 aliphatic rings. The highest BCUT2D eigenvalue weighted by atomic mass is 32.3. The number of piperidine rings is 1. The summed E-state index contributed by atoms with van der Waals surface area (Å²) in [5, 5.41) is 9.07. The Balaban J connectivity index is 1.43. The number of ether oxygens (including phenoxy) is 1. The van der Waals surface area contributed by atoms with E-state index >= 15 is 0 Å². The Hall–Kier alpha value is -3.26. The highest BCUT2D eigenvalue weighted by Crippen LogP contribution is 2.46. The molecule has 0 aliphatic carbocycles. The number of nitriles is 1. The van der Waals surface area contributed by atoms with Crippen LogP contribution in [0.25, 0.3) is 0 Å². The number of hydrogen-bond acceptors (Lipinski definition) is 8. The van der Waals surface area contributed by atoms with Gasteiger partial charge in [0.1, 0.15) is 5.75 Å². The Bertz CT molecular complexity index is 1080. The van der Waals surface area contributed by atoms with Crippen LogP contribution in [0.1, 0.15) is 34.3 Å². The molecule has 0 saturated carbocycles. The van der Waals surface area contributed by atoms with Crippen molar-refractivity contribution >= 4 is 28.4 Å². The summed E-state index contributed by atoms with van der Waals surface area (Å²) in [7, 11) is -3.35. The van der Waals surface area contributed by atoms with Crippen molar-refractivity contribution in [3.63, 3.8) is 0 Å². The third-order valence-electron chi connectivity index (χ3n) is 5.27. The molecular weight excluding hydrogens is 418 g/mol. The van der Waals surface area contributed by atoms with Crippen LogP contribution in [-0.4, -0.2) is 45.4 Å². The zero-order valence-corrected chi connectivity index (χ0v) is 17.5. The number of benzene rings is 2. The number of nitrogens with one attached hydrogen (secondary N) is 1. The van der Waals surface area contributed by atoms with E-state index in [9.17, 15) is 13.9 Å². The standard InChI is InChI=1S/C21H23N5O4S/c22-11-14-4-1-6-16(10-14)21(27)26-9-3-5-15(12-26)13-30-18-8-2-7-17-19(18)20(23)25-31(28,29)24-17/h1-2,4,6-8,10,15,24,28-29H,3,5,9,12-13H2,(H2,23,25). The molecule has 9 nitrogen and oxygen atoms in total. The fourth-order valence-corrected chi connectivity index (χ4v) is 4.73. The van der Waals surface area contributed by atoms with Crippen molar-refractivity contribution in [2.75, 3.05) is 24.4 Å². The molecule has 5 N–H and O–H groups in total. The minimum Gasteiger partial charge on any atom is -0.492 e. The summed E-state index contributed by atoms with van der Waals surface area (Å²) in [5.74, 6) is 0.529. The largest absolute Gasteiger partial charge is 0.492 e. The predicted molar refractivity (Wildman–Crippen MR) is 119 cm³/mol. The van der Waals surface area contributed by atoms with E-state index in [0.29, 0.717) is 47.8 Å². The average Bonchev–Trinajstić information content (AvgIpc) is 2.76. The van der Waals surface area contributed by atoms with Crippen molar-refractivity contribution < 1.29 is 18.6 Å². The second-order valence-corrected chi connectivity index (χ2v) is 8.96. The van der Waals surface area contributed by atoms with Gasteiger partial charge in [-0.2, -0.15) is 5.26 Å². The fraction of sp³-hybridized carbons (Fsp3) is 0.286. The molecule has 1 fully saturated rings. The number of likely N-dealkylation sites (tertiary alicyclic amines) is 1. The van der Waals surface area contributed by atoms with Gasteiger partial charge in [0.25, 0.3) is 5.91 Å². The summed E-state index contributed by atoms with van der Waals surface area (Å²) < 4.78 is 31.9. The summed E-state index contributed by atoms with van der Waals surface area (Å²) in [6.45, 7) is 1.59. The van der Waals surface area contributed by atoms with Crippen LogP contribution in [-0.2, 0) is 0 Å². The van der Waals surface area contributed by atoms with Crippen LogP contribution in [0.4, 0.5) is 5.69 Å². The third-order valence-corrected chi connectivity index (χ3v) is 6.22. The number of nitrogens with zero attached hydrogens (tertiary/aromatic N) is 3. The van der Waals surface area contributed by atoms with E-state index in [-0.39, 0.29) is 17.7 Å². The lowest BCUT2D eigenvalue weighted by molar-refractivity contribution is 0.0633. The summed E-state index contributed by atoms with van der Waals surface area (Å²) in [4.78, 5) is 14.7. The van der Waals surface area contributed by atoms with Crippen molar-refractivity contribution in [3.8, 4) is 11.8 Å². The molecule has 31 heavy (non-hydrogen) atoms. The molecule has 1 unspecified atom stereocenters. The van der Waals surface area contributed by atoms with Crippen LogP contribution in [0.2, 0.25) is 0 Å². The summed E-state index contributed by atoms with van der Waals surface area (Å²) >= 11 is 0. The first kappa shape index (κ1) is 21.0. The number of fused-ring (bicyclic) bond motifs is 1. The van der Waals surface area contributed by atoms with Gasteiger partial charge in [-0.25, -0.2) is 0 Å². The lowest BCUT2D eigenvalue weighted by atomic mass is 9.98. The molecule has 2 aliphatic heterocycles. The maximum Gasteiger partial charge on any atom is 0.253 e. The Morgan fingerprint density at radius 1 is 1.35 bits per heavy atom. The Labute approximate surface area is 181 Å². The van der Waals surface area contributed by atoms with Gasteiger partial charge in [0.2, 0.25) is 0 Å². The highest BCUT2D eigenvalue weighted by Gasteiger charge is 2.28. The fourth-order valence-electron chi connectivity index (χ4n) is 3.85. The minimum absolute atomic E-state index is 0.00201. The van der Waals surface area contributed by atoms with Crippen molar-refractivity contribution in [1.29, 1.82) is 5.26 Å². The molecule has 0 spiro atoms. The van der Waals surface area contributed by atoms with Gasteiger partial charge in [0, 0.05) is 24.6 Å². The van der Waals surface area contributed by atoms with Crippen LogP contribution >= 0.6 is 11.0 Å². The molecule has 0 aromatic heterocycles. The first-order chi connectivity index (χ1) is 14.9. The molecule has 2 aromatic carbocycles. The molecule has 1 amide bonds. The second kappa shape index (κ2) is 8.47. The minimum atomic E-state index is -3.35. The average molecular weight is 442 g/mol. The van der Waals surface area contributed by atoms with Crippen LogP contribution in [0.3, 0.4) is 0 Å². The van der Waals surface area contributed by atoms with E-state index in [1.165, 1.54) is 0 Å². The molecule has 0 bridgehead atoms.